The number of esters is 1. The van der Waals surface area contributed by atoms with Crippen molar-refractivity contribution in [1.82, 2.24) is 0 Å². The van der Waals surface area contributed by atoms with E-state index in [1.165, 1.54) is 11.3 Å². The number of fused-ring (bicyclic) bond motifs is 1. The van der Waals surface area contributed by atoms with E-state index in [9.17, 15) is 9.59 Å². The van der Waals surface area contributed by atoms with E-state index in [2.05, 4.69) is 21.2 Å². The number of nitrogens with one attached hydrogen (secondary N) is 1. The SMILES string of the molecule is CC(C)OC(=O)c1c(NC(=O)c2ccc(Br)o2)sc2c1CCCC2. The fraction of sp³-hybridized carbons (Fsp3) is 0.412. The second kappa shape index (κ2) is 7.11. The van der Waals surface area contributed by atoms with E-state index < -0.39 is 0 Å². The van der Waals surface area contributed by atoms with Crippen LogP contribution in [0.5, 0.6) is 0 Å². The molecular weight excluding hydrogens is 394 g/mol. The van der Waals surface area contributed by atoms with Gasteiger partial charge in [0, 0.05) is 4.88 Å². The Morgan fingerprint density at radius 3 is 2.71 bits per heavy atom. The summed E-state index contributed by atoms with van der Waals surface area (Å²) in [6, 6.07) is 3.24. The predicted molar refractivity (Wildman–Crippen MR) is 95.9 cm³/mol. The summed E-state index contributed by atoms with van der Waals surface area (Å²) in [5.74, 6) is -0.561. The molecule has 0 radical (unpaired) electrons. The summed E-state index contributed by atoms with van der Waals surface area (Å²) in [4.78, 5) is 26.1. The summed E-state index contributed by atoms with van der Waals surface area (Å²) in [7, 11) is 0. The van der Waals surface area contributed by atoms with E-state index in [1.54, 1.807) is 12.1 Å². The van der Waals surface area contributed by atoms with E-state index in [0.29, 0.717) is 15.2 Å². The number of amides is 1. The first-order valence-corrected chi connectivity index (χ1v) is 9.49. The summed E-state index contributed by atoms with van der Waals surface area (Å²) >= 11 is 4.64. The number of hydrogen-bond donors (Lipinski definition) is 1. The molecule has 1 aliphatic rings. The van der Waals surface area contributed by atoms with E-state index >= 15 is 0 Å². The average Bonchev–Trinajstić information content (AvgIpc) is 3.09. The first kappa shape index (κ1) is 17.2. The normalized spacial score (nSPS) is 13.7. The monoisotopic (exact) mass is 411 g/mol. The Bertz CT molecular complexity index is 778. The molecule has 1 N–H and O–H groups in total. The molecule has 0 aromatic carbocycles. The molecule has 0 atom stereocenters. The van der Waals surface area contributed by atoms with Gasteiger partial charge in [-0.05, 0) is 73.2 Å². The highest BCUT2D eigenvalue weighted by Crippen LogP contribution is 2.39. The molecule has 2 aromatic rings. The van der Waals surface area contributed by atoms with Crippen molar-refractivity contribution in [2.24, 2.45) is 0 Å². The Morgan fingerprint density at radius 1 is 1.29 bits per heavy atom. The Balaban J connectivity index is 1.92. The first-order chi connectivity index (χ1) is 11.5. The number of ether oxygens (including phenoxy) is 1. The average molecular weight is 412 g/mol. The summed E-state index contributed by atoms with van der Waals surface area (Å²) in [6.07, 6.45) is 3.72. The molecule has 1 amide bonds. The maximum atomic E-state index is 12.5. The molecule has 2 aromatic heterocycles. The predicted octanol–water partition coefficient (Wildman–Crippen LogP) is 4.80. The van der Waals surface area contributed by atoms with Crippen molar-refractivity contribution in [2.75, 3.05) is 5.32 Å². The molecule has 0 saturated carbocycles. The van der Waals surface area contributed by atoms with Crippen molar-refractivity contribution in [1.29, 1.82) is 0 Å². The Kier molecular flexibility index (Phi) is 5.10. The summed E-state index contributed by atoms with van der Waals surface area (Å²) in [5.41, 5.74) is 1.52. The lowest BCUT2D eigenvalue weighted by Crippen LogP contribution is -2.17. The van der Waals surface area contributed by atoms with Gasteiger partial charge in [-0.25, -0.2) is 4.79 Å². The third kappa shape index (κ3) is 3.57. The number of carbonyl (C=O) groups is 2. The third-order valence-corrected chi connectivity index (χ3v) is 5.38. The number of furan rings is 1. The summed E-state index contributed by atoms with van der Waals surface area (Å²) in [6.45, 7) is 3.63. The van der Waals surface area contributed by atoms with Gasteiger partial charge < -0.3 is 14.5 Å². The topological polar surface area (TPSA) is 68.5 Å². The van der Waals surface area contributed by atoms with Gasteiger partial charge in [0.05, 0.1) is 11.7 Å². The van der Waals surface area contributed by atoms with Crippen LogP contribution in [0.25, 0.3) is 0 Å². The van der Waals surface area contributed by atoms with Crippen molar-refractivity contribution in [3.8, 4) is 0 Å². The van der Waals surface area contributed by atoms with Gasteiger partial charge in [-0.2, -0.15) is 0 Å². The fourth-order valence-corrected chi connectivity index (χ4v) is 4.32. The van der Waals surface area contributed by atoms with Gasteiger partial charge in [0.1, 0.15) is 5.00 Å². The van der Waals surface area contributed by atoms with Gasteiger partial charge >= 0.3 is 5.97 Å². The van der Waals surface area contributed by atoms with Gasteiger partial charge in [0.2, 0.25) is 0 Å². The molecule has 0 saturated heterocycles. The Labute approximate surface area is 152 Å². The molecule has 0 unspecified atom stereocenters. The smallest absolute Gasteiger partial charge is 0.341 e. The lowest BCUT2D eigenvalue weighted by atomic mass is 9.95. The molecule has 0 fully saturated rings. The van der Waals surface area contributed by atoms with Gasteiger partial charge in [-0.15, -0.1) is 11.3 Å². The van der Waals surface area contributed by atoms with Crippen LogP contribution in [0.1, 0.15) is 58.0 Å². The highest BCUT2D eigenvalue weighted by atomic mass is 79.9. The minimum Gasteiger partial charge on any atom is -0.459 e. The van der Waals surface area contributed by atoms with E-state index in [0.717, 1.165) is 36.1 Å². The highest BCUT2D eigenvalue weighted by molar-refractivity contribution is 9.10. The number of anilines is 1. The molecule has 128 valence electrons. The van der Waals surface area contributed by atoms with Crippen LogP contribution in [-0.2, 0) is 17.6 Å². The van der Waals surface area contributed by atoms with E-state index in [-0.39, 0.29) is 23.7 Å². The number of aryl methyl sites for hydroxylation is 1. The van der Waals surface area contributed by atoms with Crippen LogP contribution in [0.2, 0.25) is 0 Å². The molecule has 3 rings (SSSR count). The van der Waals surface area contributed by atoms with Crippen LogP contribution in [-0.4, -0.2) is 18.0 Å². The van der Waals surface area contributed by atoms with Crippen molar-refractivity contribution in [3.63, 3.8) is 0 Å². The van der Waals surface area contributed by atoms with Gasteiger partial charge in [0.25, 0.3) is 5.91 Å². The van der Waals surface area contributed by atoms with Crippen molar-refractivity contribution < 1.29 is 18.7 Å². The second-order valence-electron chi connectivity index (χ2n) is 5.93. The quantitative estimate of drug-likeness (QED) is 0.733. The number of rotatable bonds is 4. The molecule has 0 aliphatic heterocycles. The molecule has 5 nitrogen and oxygen atoms in total. The minimum absolute atomic E-state index is 0.191. The number of hydrogen-bond acceptors (Lipinski definition) is 5. The summed E-state index contributed by atoms with van der Waals surface area (Å²) in [5, 5.41) is 3.36. The Hall–Kier alpha value is -1.60. The Morgan fingerprint density at radius 2 is 2.04 bits per heavy atom. The third-order valence-electron chi connectivity index (χ3n) is 3.74. The van der Waals surface area contributed by atoms with Crippen LogP contribution in [0.3, 0.4) is 0 Å². The van der Waals surface area contributed by atoms with Crippen LogP contribution in [0.15, 0.2) is 21.2 Å². The number of halogens is 1. The highest BCUT2D eigenvalue weighted by Gasteiger charge is 2.28. The van der Waals surface area contributed by atoms with Crippen LogP contribution in [0, 0.1) is 0 Å². The zero-order valence-corrected chi connectivity index (χ0v) is 15.9. The molecule has 7 heteroatoms. The van der Waals surface area contributed by atoms with Gasteiger partial charge in [-0.1, -0.05) is 0 Å². The van der Waals surface area contributed by atoms with Gasteiger partial charge in [0.15, 0.2) is 10.4 Å². The van der Waals surface area contributed by atoms with Crippen LogP contribution >= 0.6 is 27.3 Å². The van der Waals surface area contributed by atoms with Crippen molar-refractivity contribution in [2.45, 2.75) is 45.6 Å². The van der Waals surface area contributed by atoms with E-state index in [4.69, 9.17) is 9.15 Å². The molecular formula is C17H18BrNO4S. The lowest BCUT2D eigenvalue weighted by molar-refractivity contribution is 0.0378. The maximum absolute atomic E-state index is 12.5. The largest absolute Gasteiger partial charge is 0.459 e. The molecule has 1 aliphatic carbocycles. The van der Waals surface area contributed by atoms with Crippen molar-refractivity contribution >= 4 is 44.1 Å². The molecule has 0 bridgehead atoms. The lowest BCUT2D eigenvalue weighted by Gasteiger charge is -2.14. The summed E-state index contributed by atoms with van der Waals surface area (Å²) < 4.78 is 11.1. The first-order valence-electron chi connectivity index (χ1n) is 7.88. The standard InChI is InChI=1S/C17H18BrNO4S/c1-9(2)22-17(21)14-10-5-3-4-6-12(10)24-16(14)19-15(20)11-7-8-13(18)23-11/h7-9H,3-6H2,1-2H3,(H,19,20). The van der Waals surface area contributed by atoms with Crippen LogP contribution < -0.4 is 5.32 Å². The maximum Gasteiger partial charge on any atom is 0.341 e. The van der Waals surface area contributed by atoms with Gasteiger partial charge in [-0.3, -0.25) is 4.79 Å². The van der Waals surface area contributed by atoms with Crippen molar-refractivity contribution in [3.05, 3.63) is 38.6 Å². The minimum atomic E-state index is -0.377. The van der Waals surface area contributed by atoms with E-state index in [1.807, 2.05) is 13.8 Å². The van der Waals surface area contributed by atoms with Crippen LogP contribution in [0.4, 0.5) is 5.00 Å². The molecule has 24 heavy (non-hydrogen) atoms. The molecule has 0 spiro atoms. The molecule has 2 heterocycles. The number of carbonyl (C=O) groups excluding carboxylic acids is 2. The zero-order chi connectivity index (χ0) is 17.3. The second-order valence-corrected chi connectivity index (χ2v) is 7.81. The number of thiophene rings is 1. The zero-order valence-electron chi connectivity index (χ0n) is 13.5. The fourth-order valence-electron chi connectivity index (χ4n) is 2.74.